The summed E-state index contributed by atoms with van der Waals surface area (Å²) < 4.78 is 10.3. The van der Waals surface area contributed by atoms with Crippen molar-refractivity contribution in [2.45, 2.75) is 25.2 Å². The van der Waals surface area contributed by atoms with Gasteiger partial charge >= 0.3 is 0 Å². The number of aldehydes is 3. The molecule has 4 atom stereocenters. The van der Waals surface area contributed by atoms with Crippen LogP contribution in [0.5, 0.6) is 0 Å². The van der Waals surface area contributed by atoms with Crippen LogP contribution in [-0.2, 0) is 23.9 Å². The molecule has 0 aromatic rings. The smallest absolute Gasteiger partial charge is 0.158 e. The summed E-state index contributed by atoms with van der Waals surface area (Å²) in [4.78, 5) is 32.0. The molecule has 0 amide bonds. The molecular weight excluding hydrogens is 200 g/mol. The van der Waals surface area contributed by atoms with Crippen molar-refractivity contribution in [3.8, 4) is 0 Å². The van der Waals surface area contributed by atoms with Gasteiger partial charge in [0.2, 0.25) is 0 Å². The van der Waals surface area contributed by atoms with Crippen LogP contribution in [-0.4, -0.2) is 38.4 Å². The van der Waals surface area contributed by atoms with E-state index >= 15 is 0 Å². The van der Waals surface area contributed by atoms with Crippen molar-refractivity contribution in [3.05, 3.63) is 0 Å². The molecule has 1 fully saturated rings. The summed E-state index contributed by atoms with van der Waals surface area (Å²) >= 11 is 0. The van der Waals surface area contributed by atoms with E-state index < -0.39 is 24.2 Å². The zero-order chi connectivity index (χ0) is 11.3. The van der Waals surface area contributed by atoms with Gasteiger partial charge in [-0.15, -0.1) is 0 Å². The Morgan fingerprint density at radius 2 is 2.07 bits per heavy atom. The van der Waals surface area contributed by atoms with E-state index in [1.165, 1.54) is 7.11 Å². The Bertz CT molecular complexity index is 240. The van der Waals surface area contributed by atoms with Gasteiger partial charge < -0.3 is 23.9 Å². The molecule has 0 bridgehead atoms. The molecule has 0 aromatic carbocycles. The van der Waals surface area contributed by atoms with Crippen LogP contribution in [0, 0.1) is 11.8 Å². The quantitative estimate of drug-likeness (QED) is 0.601. The first-order chi connectivity index (χ1) is 7.26. The fourth-order valence-electron chi connectivity index (χ4n) is 1.79. The zero-order valence-electron chi connectivity index (χ0n) is 8.50. The molecule has 0 aliphatic carbocycles. The standard InChI is InChI=1S/C10H14O5/c1-14-10-4-7(5-12)8(6-13)9(15-10)2-3-11/h3,5-10H,2,4H2,1H3/t7-,8-,9+,10?/m0/s1. The average molecular weight is 214 g/mol. The molecule has 5 nitrogen and oxygen atoms in total. The van der Waals surface area contributed by atoms with E-state index in [4.69, 9.17) is 9.47 Å². The third-order valence-electron chi connectivity index (χ3n) is 2.64. The summed E-state index contributed by atoms with van der Waals surface area (Å²) in [6.45, 7) is 0. The van der Waals surface area contributed by atoms with Crippen LogP contribution in [0.3, 0.4) is 0 Å². The highest BCUT2D eigenvalue weighted by Gasteiger charge is 2.38. The second-order valence-electron chi connectivity index (χ2n) is 3.49. The molecule has 0 aromatic heterocycles. The highest BCUT2D eigenvalue weighted by Crippen LogP contribution is 2.29. The topological polar surface area (TPSA) is 69.7 Å². The molecule has 5 heteroatoms. The Kier molecular flexibility index (Phi) is 4.58. The number of hydrogen-bond acceptors (Lipinski definition) is 5. The fraction of sp³-hybridized carbons (Fsp3) is 0.700. The Hall–Kier alpha value is -1.07. The van der Waals surface area contributed by atoms with Crippen molar-refractivity contribution in [3.63, 3.8) is 0 Å². The van der Waals surface area contributed by atoms with Crippen LogP contribution in [0.2, 0.25) is 0 Å². The second kappa shape index (κ2) is 5.72. The number of hydrogen-bond donors (Lipinski definition) is 0. The molecule has 0 spiro atoms. The summed E-state index contributed by atoms with van der Waals surface area (Å²) in [5, 5.41) is 0. The summed E-state index contributed by atoms with van der Waals surface area (Å²) in [6, 6.07) is 0. The normalized spacial score (nSPS) is 35.8. The molecule has 1 unspecified atom stereocenters. The molecule has 84 valence electrons. The van der Waals surface area contributed by atoms with Crippen molar-refractivity contribution in [1.29, 1.82) is 0 Å². The molecule has 1 rings (SSSR count). The Morgan fingerprint density at radius 3 is 2.53 bits per heavy atom. The SMILES string of the molecule is COC1C[C@@H](C=O)[C@H](C=O)[C@@H](CC=O)O1. The Balaban J connectivity index is 2.76. The van der Waals surface area contributed by atoms with Gasteiger partial charge in [-0.1, -0.05) is 0 Å². The number of carbonyl (C=O) groups excluding carboxylic acids is 3. The van der Waals surface area contributed by atoms with E-state index in [0.717, 1.165) is 6.29 Å². The summed E-state index contributed by atoms with van der Waals surface area (Å²) in [7, 11) is 1.46. The van der Waals surface area contributed by atoms with E-state index in [2.05, 4.69) is 0 Å². The monoisotopic (exact) mass is 214 g/mol. The lowest BCUT2D eigenvalue weighted by Gasteiger charge is -2.35. The number of methoxy groups -OCH3 is 1. The molecule has 0 N–H and O–H groups in total. The number of rotatable bonds is 5. The van der Waals surface area contributed by atoms with E-state index in [1.807, 2.05) is 0 Å². The van der Waals surface area contributed by atoms with Gasteiger partial charge in [0.1, 0.15) is 18.9 Å². The molecule has 1 heterocycles. The van der Waals surface area contributed by atoms with Crippen molar-refractivity contribution in [2.75, 3.05) is 7.11 Å². The van der Waals surface area contributed by atoms with E-state index in [0.29, 0.717) is 19.0 Å². The number of carbonyl (C=O) groups is 3. The third kappa shape index (κ3) is 2.70. The van der Waals surface area contributed by atoms with Gasteiger partial charge in [0.05, 0.1) is 12.0 Å². The summed E-state index contributed by atoms with van der Waals surface area (Å²) in [5.41, 5.74) is 0. The lowest BCUT2D eigenvalue weighted by Crippen LogP contribution is -2.43. The molecular formula is C10H14O5. The minimum atomic E-state index is -0.547. The van der Waals surface area contributed by atoms with E-state index in [-0.39, 0.29) is 6.42 Å². The minimum Gasteiger partial charge on any atom is -0.356 e. The maximum absolute atomic E-state index is 10.8. The predicted molar refractivity (Wildman–Crippen MR) is 50.1 cm³/mol. The first kappa shape index (κ1) is 12.0. The molecule has 15 heavy (non-hydrogen) atoms. The van der Waals surface area contributed by atoms with Crippen molar-refractivity contribution >= 4 is 18.9 Å². The van der Waals surface area contributed by atoms with Gasteiger partial charge in [0, 0.05) is 25.9 Å². The summed E-state index contributed by atoms with van der Waals surface area (Å²) in [6.07, 6.45) is 1.49. The predicted octanol–water partition coefficient (Wildman–Crippen LogP) is -0.0330. The molecule has 1 aliphatic heterocycles. The van der Waals surface area contributed by atoms with Gasteiger partial charge in [-0.2, -0.15) is 0 Å². The average Bonchev–Trinajstić information content (AvgIpc) is 2.28. The van der Waals surface area contributed by atoms with Crippen LogP contribution in [0.15, 0.2) is 0 Å². The van der Waals surface area contributed by atoms with Gasteiger partial charge in [-0.3, -0.25) is 0 Å². The molecule has 0 radical (unpaired) electrons. The van der Waals surface area contributed by atoms with Crippen molar-refractivity contribution in [1.82, 2.24) is 0 Å². The maximum Gasteiger partial charge on any atom is 0.158 e. The first-order valence-corrected chi connectivity index (χ1v) is 4.79. The van der Waals surface area contributed by atoms with Crippen LogP contribution in [0.25, 0.3) is 0 Å². The van der Waals surface area contributed by atoms with E-state index in [9.17, 15) is 14.4 Å². The van der Waals surface area contributed by atoms with Crippen LogP contribution in [0.1, 0.15) is 12.8 Å². The van der Waals surface area contributed by atoms with Gasteiger partial charge in [-0.05, 0) is 0 Å². The lowest BCUT2D eigenvalue weighted by atomic mass is 9.83. The Labute approximate surface area is 87.7 Å². The first-order valence-electron chi connectivity index (χ1n) is 4.79. The zero-order valence-corrected chi connectivity index (χ0v) is 8.50. The fourth-order valence-corrected chi connectivity index (χ4v) is 1.79. The largest absolute Gasteiger partial charge is 0.356 e. The number of ether oxygens (including phenoxy) is 2. The van der Waals surface area contributed by atoms with Crippen LogP contribution in [0.4, 0.5) is 0 Å². The molecule has 0 saturated carbocycles. The van der Waals surface area contributed by atoms with Crippen LogP contribution >= 0.6 is 0 Å². The van der Waals surface area contributed by atoms with Gasteiger partial charge in [0.25, 0.3) is 0 Å². The molecule has 1 aliphatic rings. The Morgan fingerprint density at radius 1 is 1.33 bits per heavy atom. The third-order valence-corrected chi connectivity index (χ3v) is 2.64. The second-order valence-corrected chi connectivity index (χ2v) is 3.49. The van der Waals surface area contributed by atoms with Gasteiger partial charge in [-0.25, -0.2) is 0 Å². The maximum atomic E-state index is 10.8. The van der Waals surface area contributed by atoms with E-state index in [1.54, 1.807) is 0 Å². The highest BCUT2D eigenvalue weighted by molar-refractivity contribution is 5.66. The lowest BCUT2D eigenvalue weighted by molar-refractivity contribution is -0.208. The van der Waals surface area contributed by atoms with Crippen molar-refractivity contribution in [2.24, 2.45) is 11.8 Å². The highest BCUT2D eigenvalue weighted by atomic mass is 16.7. The van der Waals surface area contributed by atoms with Gasteiger partial charge in [0.15, 0.2) is 6.29 Å². The van der Waals surface area contributed by atoms with Crippen LogP contribution < -0.4 is 0 Å². The minimum absolute atomic E-state index is 0.105. The summed E-state index contributed by atoms with van der Waals surface area (Å²) in [5.74, 6) is -0.967. The van der Waals surface area contributed by atoms with Crippen molar-refractivity contribution < 1.29 is 23.9 Å². The molecule has 1 saturated heterocycles.